The average molecular weight is 303 g/mol. The molecule has 2 N–H and O–H groups in total. The lowest BCUT2D eigenvalue weighted by Gasteiger charge is -2.03. The third-order valence-electron chi connectivity index (χ3n) is 2.44. The van der Waals surface area contributed by atoms with Crippen molar-refractivity contribution in [3.8, 4) is 0 Å². The van der Waals surface area contributed by atoms with Gasteiger partial charge in [-0.15, -0.1) is 0 Å². The van der Waals surface area contributed by atoms with Gasteiger partial charge in [-0.1, -0.05) is 15.9 Å². The molecular weight excluding hydrogens is 294 g/mol. The summed E-state index contributed by atoms with van der Waals surface area (Å²) < 4.78 is 26.9. The van der Waals surface area contributed by atoms with Gasteiger partial charge in [-0.05, 0) is 18.2 Å². The van der Waals surface area contributed by atoms with E-state index >= 15 is 0 Å². The first kappa shape index (κ1) is 12.0. The number of rotatable bonds is 3. The molecule has 17 heavy (non-hydrogen) atoms. The van der Waals surface area contributed by atoms with Gasteiger partial charge in [0.15, 0.2) is 0 Å². The number of alkyl halides is 2. The summed E-state index contributed by atoms with van der Waals surface area (Å²) in [6.45, 7) is -0.453. The predicted octanol–water partition coefficient (Wildman–Crippen LogP) is 2.77. The van der Waals surface area contributed by atoms with Crippen molar-refractivity contribution in [2.75, 3.05) is 0 Å². The van der Waals surface area contributed by atoms with Crippen LogP contribution in [-0.4, -0.2) is 16.9 Å². The molecule has 0 aliphatic carbocycles. The van der Waals surface area contributed by atoms with E-state index in [0.717, 1.165) is 4.47 Å². The Labute approximate surface area is 104 Å². The molecule has 6 heteroatoms. The lowest BCUT2D eigenvalue weighted by molar-refractivity contribution is 0.1000. The molecule has 0 fully saturated rings. The molecule has 0 atom stereocenters. The zero-order valence-corrected chi connectivity index (χ0v) is 10.2. The van der Waals surface area contributed by atoms with Crippen molar-refractivity contribution < 1.29 is 13.6 Å². The lowest BCUT2D eigenvalue weighted by Crippen LogP contribution is -2.10. The summed E-state index contributed by atoms with van der Waals surface area (Å²) in [5, 5.41) is 0.576. The van der Waals surface area contributed by atoms with Crippen LogP contribution in [0, 0.1) is 0 Å². The number of benzene rings is 1. The Morgan fingerprint density at radius 3 is 2.76 bits per heavy atom. The van der Waals surface area contributed by atoms with E-state index in [0.29, 0.717) is 10.9 Å². The van der Waals surface area contributed by atoms with Crippen molar-refractivity contribution in [1.82, 2.24) is 4.57 Å². The molecule has 1 amide bonds. The van der Waals surface area contributed by atoms with Crippen molar-refractivity contribution in [3.63, 3.8) is 0 Å². The van der Waals surface area contributed by atoms with Crippen LogP contribution in [0.5, 0.6) is 0 Å². The number of aromatic nitrogens is 1. The van der Waals surface area contributed by atoms with Gasteiger partial charge in [-0.25, -0.2) is 8.78 Å². The average Bonchev–Trinajstić information content (AvgIpc) is 2.55. The molecule has 90 valence electrons. The highest BCUT2D eigenvalue weighted by Crippen LogP contribution is 2.25. The summed E-state index contributed by atoms with van der Waals surface area (Å²) >= 11 is 3.27. The van der Waals surface area contributed by atoms with E-state index in [1.54, 1.807) is 18.2 Å². The molecular formula is C11H9BrF2N2O. The van der Waals surface area contributed by atoms with Crippen LogP contribution in [0.15, 0.2) is 28.9 Å². The summed E-state index contributed by atoms with van der Waals surface area (Å²) in [6, 6.07) is 5.10. The minimum absolute atomic E-state index is 0.252. The third kappa shape index (κ3) is 2.31. The van der Waals surface area contributed by atoms with Gasteiger partial charge < -0.3 is 10.3 Å². The van der Waals surface area contributed by atoms with E-state index in [2.05, 4.69) is 15.9 Å². The van der Waals surface area contributed by atoms with Crippen molar-refractivity contribution in [2.24, 2.45) is 5.73 Å². The molecule has 0 spiro atoms. The number of carbonyl (C=O) groups is 1. The number of hydrogen-bond donors (Lipinski definition) is 1. The first-order chi connectivity index (χ1) is 7.99. The summed E-state index contributed by atoms with van der Waals surface area (Å²) in [6.07, 6.45) is -1.11. The van der Waals surface area contributed by atoms with Gasteiger partial charge in [-0.2, -0.15) is 0 Å². The number of amides is 1. The Morgan fingerprint density at radius 2 is 2.18 bits per heavy atom. The molecule has 0 unspecified atom stereocenters. The van der Waals surface area contributed by atoms with Crippen molar-refractivity contribution in [3.05, 3.63) is 34.4 Å². The largest absolute Gasteiger partial charge is 0.366 e. The number of fused-ring (bicyclic) bond motifs is 1. The van der Waals surface area contributed by atoms with Gasteiger partial charge in [0.25, 0.3) is 12.3 Å². The minimum atomic E-state index is -2.48. The lowest BCUT2D eigenvalue weighted by atomic mass is 10.2. The van der Waals surface area contributed by atoms with Crippen LogP contribution in [0.3, 0.4) is 0 Å². The highest BCUT2D eigenvalue weighted by molar-refractivity contribution is 9.10. The van der Waals surface area contributed by atoms with E-state index in [1.165, 1.54) is 10.8 Å². The Morgan fingerprint density at radius 1 is 1.47 bits per heavy atom. The van der Waals surface area contributed by atoms with Crippen LogP contribution in [0.2, 0.25) is 0 Å². The van der Waals surface area contributed by atoms with Gasteiger partial charge >= 0.3 is 0 Å². The second-order valence-electron chi connectivity index (χ2n) is 3.61. The molecule has 1 heterocycles. The molecule has 2 rings (SSSR count). The summed E-state index contributed by atoms with van der Waals surface area (Å²) in [4.78, 5) is 11.2. The van der Waals surface area contributed by atoms with Gasteiger partial charge in [0.1, 0.15) is 0 Å². The summed E-state index contributed by atoms with van der Waals surface area (Å²) in [7, 11) is 0. The van der Waals surface area contributed by atoms with Gasteiger partial charge in [0.05, 0.1) is 12.1 Å². The Hall–Kier alpha value is -1.43. The zero-order valence-electron chi connectivity index (χ0n) is 8.66. The van der Waals surface area contributed by atoms with E-state index < -0.39 is 18.9 Å². The summed E-state index contributed by atoms with van der Waals surface area (Å²) in [5.74, 6) is -0.624. The highest BCUT2D eigenvalue weighted by atomic mass is 79.9. The second-order valence-corrected chi connectivity index (χ2v) is 4.53. The van der Waals surface area contributed by atoms with E-state index in [-0.39, 0.29) is 5.56 Å². The topological polar surface area (TPSA) is 48.0 Å². The second kappa shape index (κ2) is 4.44. The molecule has 2 aromatic rings. The van der Waals surface area contributed by atoms with Crippen LogP contribution >= 0.6 is 15.9 Å². The first-order valence-corrected chi connectivity index (χ1v) is 5.64. The van der Waals surface area contributed by atoms with Crippen LogP contribution in [0.25, 0.3) is 10.9 Å². The third-order valence-corrected chi connectivity index (χ3v) is 2.94. The maximum Gasteiger partial charge on any atom is 0.256 e. The Balaban J connectivity index is 2.66. The SMILES string of the molecule is NC(=O)c1cn(CC(F)F)c2ccc(Br)cc12. The maximum absolute atomic E-state index is 12.4. The van der Waals surface area contributed by atoms with Gasteiger partial charge in [-0.3, -0.25) is 4.79 Å². The van der Waals surface area contributed by atoms with Gasteiger partial charge in [0.2, 0.25) is 0 Å². The van der Waals surface area contributed by atoms with Crippen molar-refractivity contribution in [1.29, 1.82) is 0 Å². The molecule has 3 nitrogen and oxygen atoms in total. The fourth-order valence-corrected chi connectivity index (χ4v) is 2.13. The number of halogens is 3. The standard InChI is InChI=1S/C11H9BrF2N2O/c12-6-1-2-9-7(3-6)8(11(15)17)4-16(9)5-10(13)14/h1-4,10H,5H2,(H2,15,17). The molecule has 0 aliphatic heterocycles. The molecule has 0 aliphatic rings. The molecule has 0 radical (unpaired) electrons. The quantitative estimate of drug-likeness (QED) is 0.931. The van der Waals surface area contributed by atoms with Crippen LogP contribution in [0.4, 0.5) is 8.78 Å². The monoisotopic (exact) mass is 302 g/mol. The molecule has 0 saturated heterocycles. The number of nitrogens with two attached hydrogens (primary N) is 1. The smallest absolute Gasteiger partial charge is 0.256 e. The molecule has 0 saturated carbocycles. The minimum Gasteiger partial charge on any atom is -0.366 e. The number of hydrogen-bond acceptors (Lipinski definition) is 1. The van der Waals surface area contributed by atoms with Crippen molar-refractivity contribution in [2.45, 2.75) is 13.0 Å². The van der Waals surface area contributed by atoms with Crippen LogP contribution in [0.1, 0.15) is 10.4 Å². The van der Waals surface area contributed by atoms with E-state index in [4.69, 9.17) is 5.73 Å². The fraction of sp³-hybridized carbons (Fsp3) is 0.182. The maximum atomic E-state index is 12.4. The van der Waals surface area contributed by atoms with E-state index in [9.17, 15) is 13.6 Å². The fourth-order valence-electron chi connectivity index (χ4n) is 1.77. The van der Waals surface area contributed by atoms with Gasteiger partial charge in [0, 0.05) is 21.6 Å². The number of carbonyl (C=O) groups excluding carboxylic acids is 1. The molecule has 0 bridgehead atoms. The van der Waals surface area contributed by atoms with E-state index in [1.807, 2.05) is 0 Å². The summed E-state index contributed by atoms with van der Waals surface area (Å²) in [5.41, 5.74) is 6.04. The Bertz CT molecular complexity index is 580. The zero-order chi connectivity index (χ0) is 12.6. The number of primary amides is 1. The number of nitrogens with zero attached hydrogens (tertiary/aromatic N) is 1. The Kier molecular flexibility index (Phi) is 3.15. The van der Waals surface area contributed by atoms with Crippen LogP contribution < -0.4 is 5.73 Å². The normalized spacial score (nSPS) is 11.3. The predicted molar refractivity (Wildman–Crippen MR) is 64.2 cm³/mol. The van der Waals surface area contributed by atoms with Crippen LogP contribution in [-0.2, 0) is 6.54 Å². The molecule has 1 aromatic heterocycles. The van der Waals surface area contributed by atoms with Crippen molar-refractivity contribution >= 4 is 32.7 Å². The molecule has 1 aromatic carbocycles. The highest BCUT2D eigenvalue weighted by Gasteiger charge is 2.15. The first-order valence-electron chi connectivity index (χ1n) is 4.85.